The summed E-state index contributed by atoms with van der Waals surface area (Å²) in [5, 5.41) is 10.5. The lowest BCUT2D eigenvalue weighted by atomic mass is 9.67. The van der Waals surface area contributed by atoms with Crippen molar-refractivity contribution < 1.29 is 17.7 Å². The number of benzene rings is 2. The van der Waals surface area contributed by atoms with Gasteiger partial charge in [-0.25, -0.2) is 0 Å². The quantitative estimate of drug-likeness (QED) is 0.443. The van der Waals surface area contributed by atoms with Gasteiger partial charge < -0.3 is 4.48 Å². The zero-order valence-corrected chi connectivity index (χ0v) is 18.7. The fraction of sp³-hybridized carbons (Fsp3) is 0.519. The fourth-order valence-corrected chi connectivity index (χ4v) is 6.46. The number of hydrogen-bond acceptors (Lipinski definition) is 1. The predicted octanol–water partition coefficient (Wildman–Crippen LogP) is 6.62. The molecule has 2 heterocycles. The van der Waals surface area contributed by atoms with E-state index in [0.29, 0.717) is 24.5 Å². The van der Waals surface area contributed by atoms with Gasteiger partial charge in [-0.2, -0.15) is 18.4 Å². The normalized spacial score (nSPS) is 27.8. The highest BCUT2D eigenvalue weighted by molar-refractivity contribution is 5.45. The molecule has 2 aliphatic rings. The molecule has 2 saturated heterocycles. The van der Waals surface area contributed by atoms with Crippen LogP contribution in [0.1, 0.15) is 56.1 Å². The molecule has 5 heteroatoms. The molecule has 2 fully saturated rings. The van der Waals surface area contributed by atoms with Gasteiger partial charge in [-0.05, 0) is 23.5 Å². The van der Waals surface area contributed by atoms with Crippen LogP contribution in [0.2, 0.25) is 0 Å². The Morgan fingerprint density at radius 2 is 1.41 bits per heavy atom. The number of nitrogens with zero attached hydrogens (tertiary/aromatic N) is 2. The van der Waals surface area contributed by atoms with Crippen molar-refractivity contribution in [3.8, 4) is 6.07 Å². The third-order valence-corrected chi connectivity index (χ3v) is 8.13. The van der Waals surface area contributed by atoms with E-state index in [2.05, 4.69) is 13.1 Å². The van der Waals surface area contributed by atoms with E-state index in [9.17, 15) is 18.4 Å². The van der Waals surface area contributed by atoms with Crippen molar-refractivity contribution in [2.75, 3.05) is 13.6 Å². The molecule has 2 aromatic rings. The average Bonchev–Trinajstić information content (AvgIpc) is 2.94. The molecule has 0 amide bonds. The second-order valence-electron chi connectivity index (χ2n) is 9.96. The predicted molar refractivity (Wildman–Crippen MR) is 120 cm³/mol. The third-order valence-electron chi connectivity index (χ3n) is 8.13. The number of nitriles is 1. The van der Waals surface area contributed by atoms with Gasteiger partial charge in [0.2, 0.25) is 0 Å². The molecule has 0 radical (unpaired) electrons. The number of quaternary nitrogens is 1. The molecule has 32 heavy (non-hydrogen) atoms. The summed E-state index contributed by atoms with van der Waals surface area (Å²) >= 11 is 0. The van der Waals surface area contributed by atoms with Gasteiger partial charge in [0.1, 0.15) is 5.41 Å². The zero-order chi connectivity index (χ0) is 22.8. The molecule has 2 bridgehead atoms. The molecule has 2 aliphatic heterocycles. The smallest absolute Gasteiger partial charge is 0.321 e. The van der Waals surface area contributed by atoms with Crippen LogP contribution in [-0.4, -0.2) is 36.3 Å². The van der Waals surface area contributed by atoms with Gasteiger partial charge in [0.15, 0.2) is 0 Å². The minimum absolute atomic E-state index is 0.202. The zero-order valence-electron chi connectivity index (χ0n) is 18.7. The monoisotopic (exact) mass is 441 g/mol. The van der Waals surface area contributed by atoms with Crippen molar-refractivity contribution in [2.45, 2.75) is 68.6 Å². The first kappa shape index (κ1) is 22.9. The molecule has 1 unspecified atom stereocenters. The molecule has 170 valence electrons. The van der Waals surface area contributed by atoms with Gasteiger partial charge in [0.05, 0.1) is 31.7 Å². The molecular weight excluding hydrogens is 409 g/mol. The van der Waals surface area contributed by atoms with E-state index in [1.165, 1.54) is 0 Å². The summed E-state index contributed by atoms with van der Waals surface area (Å²) in [5.74, 6) is 0.390. The largest absolute Gasteiger partial charge is 0.389 e. The Labute approximate surface area is 189 Å². The summed E-state index contributed by atoms with van der Waals surface area (Å²) in [6, 6.07) is 23.6. The van der Waals surface area contributed by atoms with Crippen molar-refractivity contribution in [3.63, 3.8) is 0 Å². The van der Waals surface area contributed by atoms with Crippen molar-refractivity contribution in [1.29, 1.82) is 5.26 Å². The number of fused-ring (bicyclic) bond motifs is 2. The Morgan fingerprint density at radius 1 is 0.906 bits per heavy atom. The summed E-state index contributed by atoms with van der Waals surface area (Å²) in [6.07, 6.45) is 0.336. The van der Waals surface area contributed by atoms with Crippen LogP contribution < -0.4 is 0 Å². The summed E-state index contributed by atoms with van der Waals surface area (Å²) in [4.78, 5) is 0. The maximum atomic E-state index is 12.7. The number of alkyl halides is 3. The SMILES string of the molecule is C[N+]1(CCCC(F)(F)F)[C@@H]2CC[C@H]1C[C@@H](CC(C#N)(c1ccccc1)c1ccccc1)C2. The van der Waals surface area contributed by atoms with Crippen LogP contribution in [0.5, 0.6) is 0 Å². The Hall–Kier alpha value is -2.32. The number of hydrogen-bond donors (Lipinski definition) is 0. The highest BCUT2D eigenvalue weighted by atomic mass is 19.4. The lowest BCUT2D eigenvalue weighted by Crippen LogP contribution is -2.58. The van der Waals surface area contributed by atoms with E-state index in [1.807, 2.05) is 60.7 Å². The van der Waals surface area contributed by atoms with E-state index in [1.54, 1.807) is 0 Å². The lowest BCUT2D eigenvalue weighted by Gasteiger charge is -2.48. The molecule has 0 N–H and O–H groups in total. The van der Waals surface area contributed by atoms with Gasteiger partial charge in [0.25, 0.3) is 0 Å². The highest BCUT2D eigenvalue weighted by Crippen LogP contribution is 2.49. The number of piperidine rings is 1. The Kier molecular flexibility index (Phi) is 6.36. The van der Waals surface area contributed by atoms with Crippen molar-refractivity contribution in [3.05, 3.63) is 71.8 Å². The van der Waals surface area contributed by atoms with Crippen molar-refractivity contribution in [1.82, 2.24) is 0 Å². The Morgan fingerprint density at radius 3 is 1.84 bits per heavy atom. The van der Waals surface area contributed by atoms with E-state index in [0.717, 1.165) is 47.7 Å². The standard InChI is InChI=1S/C27H32F3N2/c1-32(16-8-15-27(28,29)30)24-13-14-25(32)18-21(17-24)19-26(20-31,22-9-4-2-5-10-22)23-11-6-3-7-12-23/h2-7,9-12,21,24-25H,8,13-19H2,1H3/q+1/t21-,24+,25-,32?. The highest BCUT2D eigenvalue weighted by Gasteiger charge is 2.52. The molecule has 0 spiro atoms. The van der Waals surface area contributed by atoms with Crippen LogP contribution in [0.25, 0.3) is 0 Å². The van der Waals surface area contributed by atoms with E-state index >= 15 is 0 Å². The molecular formula is C27H32F3N2+. The Bertz CT molecular complexity index is 879. The first-order valence-electron chi connectivity index (χ1n) is 11.7. The van der Waals surface area contributed by atoms with Gasteiger partial charge in [-0.15, -0.1) is 0 Å². The van der Waals surface area contributed by atoms with Gasteiger partial charge >= 0.3 is 6.18 Å². The molecule has 0 aromatic heterocycles. The number of halogens is 3. The summed E-state index contributed by atoms with van der Waals surface area (Å²) < 4.78 is 38.9. The van der Waals surface area contributed by atoms with Crippen LogP contribution in [0, 0.1) is 17.2 Å². The second kappa shape index (κ2) is 8.90. The molecule has 2 nitrogen and oxygen atoms in total. The summed E-state index contributed by atoms with van der Waals surface area (Å²) in [6.45, 7) is 0.600. The van der Waals surface area contributed by atoms with Crippen LogP contribution >= 0.6 is 0 Å². The number of rotatable bonds is 7. The van der Waals surface area contributed by atoms with Gasteiger partial charge in [-0.1, -0.05) is 60.7 Å². The van der Waals surface area contributed by atoms with E-state index < -0.39 is 18.0 Å². The topological polar surface area (TPSA) is 23.8 Å². The molecule has 4 atom stereocenters. The van der Waals surface area contributed by atoms with Gasteiger partial charge in [-0.3, -0.25) is 0 Å². The van der Waals surface area contributed by atoms with Crippen LogP contribution in [0.3, 0.4) is 0 Å². The van der Waals surface area contributed by atoms with E-state index in [4.69, 9.17) is 0 Å². The first-order chi connectivity index (χ1) is 15.3. The molecule has 0 aliphatic carbocycles. The maximum absolute atomic E-state index is 12.7. The third kappa shape index (κ3) is 4.43. The molecule has 0 saturated carbocycles. The summed E-state index contributed by atoms with van der Waals surface area (Å²) in [5.41, 5.74) is 1.34. The lowest BCUT2D eigenvalue weighted by molar-refractivity contribution is -0.949. The fourth-order valence-electron chi connectivity index (χ4n) is 6.46. The summed E-state index contributed by atoms with van der Waals surface area (Å²) in [7, 11) is 2.17. The maximum Gasteiger partial charge on any atom is 0.389 e. The second-order valence-corrected chi connectivity index (χ2v) is 9.96. The van der Waals surface area contributed by atoms with E-state index in [-0.39, 0.29) is 6.42 Å². The van der Waals surface area contributed by atoms with Crippen LogP contribution in [0.15, 0.2) is 60.7 Å². The van der Waals surface area contributed by atoms with Crippen molar-refractivity contribution in [2.24, 2.45) is 5.92 Å². The van der Waals surface area contributed by atoms with Crippen LogP contribution in [-0.2, 0) is 5.41 Å². The molecule has 2 aromatic carbocycles. The minimum atomic E-state index is -4.08. The molecule has 4 rings (SSSR count). The average molecular weight is 442 g/mol. The van der Waals surface area contributed by atoms with Gasteiger partial charge in [0, 0.05) is 38.5 Å². The minimum Gasteiger partial charge on any atom is -0.321 e. The van der Waals surface area contributed by atoms with Crippen molar-refractivity contribution >= 4 is 0 Å². The first-order valence-corrected chi connectivity index (χ1v) is 11.7. The van der Waals surface area contributed by atoms with Crippen LogP contribution in [0.4, 0.5) is 13.2 Å². The Balaban J connectivity index is 1.55.